The van der Waals surface area contributed by atoms with Crippen molar-refractivity contribution in [2.45, 2.75) is 25.3 Å². The summed E-state index contributed by atoms with van der Waals surface area (Å²) in [6.45, 7) is 2.77. The molecule has 3 aromatic rings. The molecule has 1 aliphatic rings. The highest BCUT2D eigenvalue weighted by Gasteiger charge is 2.25. The van der Waals surface area contributed by atoms with Gasteiger partial charge in [-0.2, -0.15) is 0 Å². The van der Waals surface area contributed by atoms with Crippen LogP contribution in [0.15, 0.2) is 34.7 Å². The number of likely N-dealkylation sites (tertiary alicyclic amines) is 1. The number of pyridine rings is 1. The number of nitrogens with zero attached hydrogens (tertiary/aromatic N) is 3. The van der Waals surface area contributed by atoms with Crippen LogP contribution in [0, 0.1) is 0 Å². The topological polar surface area (TPSA) is 42.2 Å². The molecular formula is C18H16Cl3N3O. The third-order valence-electron chi connectivity index (χ3n) is 4.53. The third kappa shape index (κ3) is 3.93. The van der Waals surface area contributed by atoms with Gasteiger partial charge in [0.1, 0.15) is 15.8 Å². The first-order valence-corrected chi connectivity index (χ1v) is 9.30. The summed E-state index contributed by atoms with van der Waals surface area (Å²) in [6, 6.07) is 9.27. The first-order valence-electron chi connectivity index (χ1n) is 8.17. The van der Waals surface area contributed by atoms with Gasteiger partial charge in [-0.05, 0) is 61.8 Å². The molecule has 4 nitrogen and oxygen atoms in total. The van der Waals surface area contributed by atoms with Gasteiger partial charge in [0, 0.05) is 17.5 Å². The summed E-state index contributed by atoms with van der Waals surface area (Å²) in [4.78, 5) is 11.0. The number of aromatic nitrogens is 2. The van der Waals surface area contributed by atoms with Crippen LogP contribution in [0.5, 0.6) is 0 Å². The number of rotatable bonds is 3. The molecule has 0 radical (unpaired) electrons. The van der Waals surface area contributed by atoms with Crippen LogP contribution < -0.4 is 0 Å². The maximum absolute atomic E-state index is 6.02. The molecular weight excluding hydrogens is 381 g/mol. The van der Waals surface area contributed by atoms with Crippen LogP contribution in [-0.4, -0.2) is 28.0 Å². The minimum absolute atomic E-state index is 0.340. The van der Waals surface area contributed by atoms with E-state index in [1.807, 2.05) is 30.3 Å². The van der Waals surface area contributed by atoms with Crippen molar-refractivity contribution in [2.24, 2.45) is 0 Å². The van der Waals surface area contributed by atoms with Gasteiger partial charge in [-0.3, -0.25) is 4.90 Å². The van der Waals surface area contributed by atoms with Crippen molar-refractivity contribution in [3.05, 3.63) is 57.1 Å². The molecule has 130 valence electrons. The smallest absolute Gasteiger partial charge is 0.198 e. The standard InChI is InChI=1S/C18H16Cl3N3O/c19-13-1-2-15-14(9-13)22-18(25-15)12-3-5-24(6-4-12)10-11-7-16(20)23-17(21)8-11/h1-2,7-9,12H,3-6,10H2. The molecule has 0 bridgehead atoms. The average molecular weight is 397 g/mol. The minimum atomic E-state index is 0.340. The van der Waals surface area contributed by atoms with Gasteiger partial charge < -0.3 is 4.42 Å². The largest absolute Gasteiger partial charge is 0.440 e. The number of benzene rings is 1. The fourth-order valence-corrected chi connectivity index (χ4v) is 3.97. The summed E-state index contributed by atoms with van der Waals surface area (Å²) in [5, 5.41) is 1.54. The van der Waals surface area contributed by atoms with Gasteiger partial charge in [0.2, 0.25) is 0 Å². The molecule has 7 heteroatoms. The van der Waals surface area contributed by atoms with Gasteiger partial charge >= 0.3 is 0 Å². The normalized spacial score (nSPS) is 16.6. The quantitative estimate of drug-likeness (QED) is 0.543. The summed E-state index contributed by atoms with van der Waals surface area (Å²) in [7, 11) is 0. The third-order valence-corrected chi connectivity index (χ3v) is 5.15. The van der Waals surface area contributed by atoms with E-state index < -0.39 is 0 Å². The second kappa shape index (κ2) is 7.12. The number of hydrogen-bond donors (Lipinski definition) is 0. The Balaban J connectivity index is 1.42. The molecule has 1 saturated heterocycles. The summed E-state index contributed by atoms with van der Waals surface area (Å²) < 4.78 is 5.92. The predicted molar refractivity (Wildman–Crippen MR) is 101 cm³/mol. The van der Waals surface area contributed by atoms with E-state index in [-0.39, 0.29) is 0 Å². The van der Waals surface area contributed by atoms with Gasteiger partial charge in [0.15, 0.2) is 11.5 Å². The highest BCUT2D eigenvalue weighted by Crippen LogP contribution is 2.31. The molecule has 4 rings (SSSR count). The highest BCUT2D eigenvalue weighted by atomic mass is 35.5. The van der Waals surface area contributed by atoms with E-state index >= 15 is 0 Å². The second-order valence-electron chi connectivity index (χ2n) is 6.34. The van der Waals surface area contributed by atoms with Gasteiger partial charge in [-0.15, -0.1) is 0 Å². The van der Waals surface area contributed by atoms with Crippen LogP contribution in [0.25, 0.3) is 11.1 Å². The van der Waals surface area contributed by atoms with Crippen LogP contribution in [0.4, 0.5) is 0 Å². The zero-order valence-corrected chi connectivity index (χ0v) is 15.7. The first-order chi connectivity index (χ1) is 12.1. The molecule has 2 aromatic heterocycles. The van der Waals surface area contributed by atoms with Gasteiger partial charge in [-0.25, -0.2) is 9.97 Å². The molecule has 0 saturated carbocycles. The van der Waals surface area contributed by atoms with Crippen molar-refractivity contribution < 1.29 is 4.42 Å². The zero-order valence-electron chi connectivity index (χ0n) is 13.4. The van der Waals surface area contributed by atoms with E-state index in [2.05, 4.69) is 14.9 Å². The minimum Gasteiger partial charge on any atom is -0.440 e. The van der Waals surface area contributed by atoms with Crippen molar-refractivity contribution in [3.8, 4) is 0 Å². The van der Waals surface area contributed by atoms with Crippen LogP contribution in [0.1, 0.15) is 30.2 Å². The zero-order chi connectivity index (χ0) is 17.4. The van der Waals surface area contributed by atoms with E-state index in [0.717, 1.165) is 55.0 Å². The van der Waals surface area contributed by atoms with Crippen LogP contribution >= 0.6 is 34.8 Å². The van der Waals surface area contributed by atoms with Crippen LogP contribution in [0.3, 0.4) is 0 Å². The van der Waals surface area contributed by atoms with Crippen molar-refractivity contribution >= 4 is 45.9 Å². The molecule has 0 unspecified atom stereocenters. The lowest BCUT2D eigenvalue weighted by Gasteiger charge is -2.30. The molecule has 1 aliphatic heterocycles. The summed E-state index contributed by atoms with van der Waals surface area (Å²) in [5.41, 5.74) is 2.70. The maximum atomic E-state index is 6.02. The van der Waals surface area contributed by atoms with Crippen LogP contribution in [0.2, 0.25) is 15.3 Å². The van der Waals surface area contributed by atoms with Gasteiger partial charge in [-0.1, -0.05) is 34.8 Å². The Bertz CT molecular complexity index is 883. The van der Waals surface area contributed by atoms with Crippen molar-refractivity contribution in [1.29, 1.82) is 0 Å². The molecule has 0 spiro atoms. The molecule has 0 N–H and O–H groups in total. The Hall–Kier alpha value is -1.33. The lowest BCUT2D eigenvalue weighted by atomic mass is 9.96. The molecule has 1 fully saturated rings. The molecule has 3 heterocycles. The highest BCUT2D eigenvalue weighted by molar-refractivity contribution is 6.32. The Morgan fingerprint density at radius 3 is 2.44 bits per heavy atom. The van der Waals surface area contributed by atoms with E-state index in [1.54, 1.807) is 0 Å². The SMILES string of the molecule is Clc1ccc2oc(C3CCN(Cc4cc(Cl)nc(Cl)c4)CC3)nc2c1. The molecule has 0 amide bonds. The molecule has 0 aliphatic carbocycles. The number of oxazole rings is 1. The van der Waals surface area contributed by atoms with Crippen molar-refractivity contribution in [3.63, 3.8) is 0 Å². The molecule has 25 heavy (non-hydrogen) atoms. The average Bonchev–Trinajstić information content (AvgIpc) is 2.97. The van der Waals surface area contributed by atoms with E-state index in [9.17, 15) is 0 Å². The lowest BCUT2D eigenvalue weighted by molar-refractivity contribution is 0.194. The van der Waals surface area contributed by atoms with Crippen molar-refractivity contribution in [1.82, 2.24) is 14.9 Å². The second-order valence-corrected chi connectivity index (χ2v) is 7.55. The van der Waals surface area contributed by atoms with E-state index in [4.69, 9.17) is 39.2 Å². The predicted octanol–water partition coefficient (Wildman–Crippen LogP) is 5.56. The van der Waals surface area contributed by atoms with Crippen LogP contribution in [-0.2, 0) is 6.54 Å². The monoisotopic (exact) mass is 395 g/mol. The summed E-state index contributed by atoms with van der Waals surface area (Å²) >= 11 is 18.0. The number of hydrogen-bond acceptors (Lipinski definition) is 4. The number of halogens is 3. The first kappa shape index (κ1) is 17.1. The molecule has 1 aromatic carbocycles. The fraction of sp³-hybridized carbons (Fsp3) is 0.333. The van der Waals surface area contributed by atoms with E-state index in [1.165, 1.54) is 0 Å². The maximum Gasteiger partial charge on any atom is 0.198 e. The Morgan fingerprint density at radius 1 is 1.00 bits per heavy atom. The number of fused-ring (bicyclic) bond motifs is 1. The fourth-order valence-electron chi connectivity index (χ4n) is 3.29. The van der Waals surface area contributed by atoms with Crippen molar-refractivity contribution in [2.75, 3.05) is 13.1 Å². The Kier molecular flexibility index (Phi) is 4.87. The number of piperidine rings is 1. The molecule has 0 atom stereocenters. The lowest BCUT2D eigenvalue weighted by Crippen LogP contribution is -2.32. The van der Waals surface area contributed by atoms with Gasteiger partial charge in [0.25, 0.3) is 0 Å². The summed E-state index contributed by atoms with van der Waals surface area (Å²) in [6.07, 6.45) is 2.01. The Labute approximate surface area is 160 Å². The van der Waals surface area contributed by atoms with E-state index in [0.29, 0.717) is 21.2 Å². The summed E-state index contributed by atoms with van der Waals surface area (Å²) in [5.74, 6) is 1.15. The Morgan fingerprint density at radius 2 is 1.72 bits per heavy atom. The van der Waals surface area contributed by atoms with Gasteiger partial charge in [0.05, 0.1) is 0 Å².